The number of carbonyl (C=O) groups is 2. The molecule has 1 fully saturated rings. The maximum atomic E-state index is 15.2. The van der Waals surface area contributed by atoms with Crippen LogP contribution in [0.15, 0.2) is 47.4 Å². The third-order valence-electron chi connectivity index (χ3n) is 6.59. The van der Waals surface area contributed by atoms with E-state index in [-0.39, 0.29) is 30.2 Å². The first kappa shape index (κ1) is 30.4. The van der Waals surface area contributed by atoms with Gasteiger partial charge in [0.1, 0.15) is 34.9 Å². The molecular weight excluding hydrogens is 571 g/mol. The molecule has 1 aliphatic rings. The van der Waals surface area contributed by atoms with E-state index in [0.717, 1.165) is 46.0 Å². The Morgan fingerprint density at radius 3 is 2.29 bits per heavy atom. The maximum absolute atomic E-state index is 15.2. The summed E-state index contributed by atoms with van der Waals surface area (Å²) in [5.41, 5.74) is -1.16. The minimum absolute atomic E-state index is 0.0595. The monoisotopic (exact) mass is 596 g/mol. The van der Waals surface area contributed by atoms with Crippen molar-refractivity contribution in [3.05, 3.63) is 81.3 Å². The normalized spacial score (nSPS) is 17.0. The number of anilines is 1. The summed E-state index contributed by atoms with van der Waals surface area (Å²) in [6, 6.07) is 4.11. The van der Waals surface area contributed by atoms with Crippen LogP contribution in [-0.2, 0) is 16.1 Å². The van der Waals surface area contributed by atoms with Gasteiger partial charge in [-0.3, -0.25) is 14.4 Å². The molecule has 0 aliphatic carbocycles. The summed E-state index contributed by atoms with van der Waals surface area (Å²) >= 11 is 0. The second-order valence-electron chi connectivity index (χ2n) is 9.28. The van der Waals surface area contributed by atoms with Gasteiger partial charge < -0.3 is 24.4 Å². The second kappa shape index (κ2) is 12.1. The quantitative estimate of drug-likeness (QED) is 0.378. The van der Waals surface area contributed by atoms with Gasteiger partial charge >= 0.3 is 6.36 Å². The van der Waals surface area contributed by atoms with Crippen LogP contribution < -0.4 is 25.2 Å². The minimum Gasteiger partial charge on any atom is -0.497 e. The number of aromatic nitrogens is 2. The van der Waals surface area contributed by atoms with Crippen molar-refractivity contribution >= 4 is 17.5 Å². The van der Waals surface area contributed by atoms with E-state index in [0.29, 0.717) is 5.56 Å². The highest BCUT2D eigenvalue weighted by molar-refractivity contribution is 6.05. The molecule has 2 atom stereocenters. The zero-order valence-corrected chi connectivity index (χ0v) is 22.5. The molecule has 15 heteroatoms. The summed E-state index contributed by atoms with van der Waals surface area (Å²) in [6.45, 7) is 1.33. The Kier molecular flexibility index (Phi) is 8.80. The largest absolute Gasteiger partial charge is 0.573 e. The Hall–Kier alpha value is -4.53. The summed E-state index contributed by atoms with van der Waals surface area (Å²) in [6.07, 6.45) is -3.60. The van der Waals surface area contributed by atoms with E-state index >= 15 is 8.78 Å². The van der Waals surface area contributed by atoms with E-state index < -0.39 is 65.2 Å². The van der Waals surface area contributed by atoms with Crippen LogP contribution in [0.1, 0.15) is 27.4 Å². The SMILES string of the molecule is COCCn1ncc(C)c(N2C[C@@H](c3c(F)cc(OC)cc3F)[C@H](NC(=O)c3ccc(OC(F)(F)F)cc3)C2=O)c1=O. The van der Waals surface area contributed by atoms with Crippen molar-refractivity contribution in [3.8, 4) is 11.5 Å². The van der Waals surface area contributed by atoms with Crippen LogP contribution in [0.5, 0.6) is 11.5 Å². The van der Waals surface area contributed by atoms with E-state index in [1.807, 2.05) is 0 Å². The number of alkyl halides is 3. The van der Waals surface area contributed by atoms with E-state index in [4.69, 9.17) is 9.47 Å². The predicted molar refractivity (Wildman–Crippen MR) is 137 cm³/mol. The smallest absolute Gasteiger partial charge is 0.497 e. The standard InChI is InChI=1S/C27H25F5N4O6/c1-14-12-33-36(8-9-40-2)26(39)23(14)35-13-18(21-19(28)10-17(41-3)11-20(21)29)22(25(35)38)34-24(37)15-4-6-16(7-5-15)42-27(30,31)32/h4-7,10-12,18,22H,8-9,13H2,1-3H3,(H,34,37)/t18-,22-/m0/s1. The van der Waals surface area contributed by atoms with Gasteiger partial charge in [0.25, 0.3) is 11.5 Å². The molecule has 0 bridgehead atoms. The number of rotatable bonds is 9. The number of nitrogens with zero attached hydrogens (tertiary/aromatic N) is 3. The van der Waals surface area contributed by atoms with E-state index in [9.17, 15) is 27.6 Å². The van der Waals surface area contributed by atoms with Crippen LogP contribution in [0.3, 0.4) is 0 Å². The Morgan fingerprint density at radius 2 is 1.71 bits per heavy atom. The molecule has 3 aromatic rings. The van der Waals surface area contributed by atoms with Crippen molar-refractivity contribution in [1.29, 1.82) is 0 Å². The fourth-order valence-corrected chi connectivity index (χ4v) is 4.65. The third-order valence-corrected chi connectivity index (χ3v) is 6.59. The first-order chi connectivity index (χ1) is 19.8. The van der Waals surface area contributed by atoms with Gasteiger partial charge in [0, 0.05) is 42.8 Å². The second-order valence-corrected chi connectivity index (χ2v) is 9.28. The van der Waals surface area contributed by atoms with Gasteiger partial charge in [-0.1, -0.05) is 0 Å². The summed E-state index contributed by atoms with van der Waals surface area (Å²) < 4.78 is 82.7. The van der Waals surface area contributed by atoms with E-state index in [2.05, 4.69) is 15.2 Å². The number of ether oxygens (including phenoxy) is 3. The molecule has 42 heavy (non-hydrogen) atoms. The molecule has 0 saturated carbocycles. The zero-order valence-electron chi connectivity index (χ0n) is 22.5. The lowest BCUT2D eigenvalue weighted by atomic mass is 9.92. The number of hydrogen-bond acceptors (Lipinski definition) is 7. The molecule has 1 aromatic heterocycles. The van der Waals surface area contributed by atoms with Gasteiger partial charge in [-0.15, -0.1) is 13.2 Å². The number of methoxy groups -OCH3 is 2. The number of carbonyl (C=O) groups excluding carboxylic acids is 2. The summed E-state index contributed by atoms with van der Waals surface area (Å²) in [5, 5.41) is 6.46. The zero-order chi connectivity index (χ0) is 30.8. The molecule has 2 aromatic carbocycles. The summed E-state index contributed by atoms with van der Waals surface area (Å²) in [5.74, 6) is -5.89. The molecule has 224 valence electrons. The van der Waals surface area contributed by atoms with Crippen LogP contribution in [0.4, 0.5) is 27.6 Å². The fraction of sp³-hybridized carbons (Fsp3) is 0.333. The highest BCUT2D eigenvalue weighted by Gasteiger charge is 2.46. The lowest BCUT2D eigenvalue weighted by Crippen LogP contribution is -2.45. The van der Waals surface area contributed by atoms with Crippen molar-refractivity contribution in [3.63, 3.8) is 0 Å². The summed E-state index contributed by atoms with van der Waals surface area (Å²) in [4.78, 5) is 41.1. The van der Waals surface area contributed by atoms with Crippen molar-refractivity contribution in [1.82, 2.24) is 15.1 Å². The molecular formula is C27H25F5N4O6. The van der Waals surface area contributed by atoms with Crippen LogP contribution in [0.2, 0.25) is 0 Å². The first-order valence-electron chi connectivity index (χ1n) is 12.4. The topological polar surface area (TPSA) is 112 Å². The van der Waals surface area contributed by atoms with Gasteiger partial charge in [0.2, 0.25) is 5.91 Å². The lowest BCUT2D eigenvalue weighted by molar-refractivity contribution is -0.274. The molecule has 10 nitrogen and oxygen atoms in total. The van der Waals surface area contributed by atoms with Crippen molar-refractivity contribution in [2.75, 3.05) is 32.3 Å². The Balaban J connectivity index is 1.73. The molecule has 2 heterocycles. The number of halogens is 5. The predicted octanol–water partition coefficient (Wildman–Crippen LogP) is 3.31. The Morgan fingerprint density at radius 1 is 1.07 bits per heavy atom. The molecule has 1 aliphatic heterocycles. The number of hydrogen-bond donors (Lipinski definition) is 1. The number of benzene rings is 2. The average Bonchev–Trinajstić information content (AvgIpc) is 3.22. The number of amides is 2. The molecule has 1 N–H and O–H groups in total. The molecule has 1 saturated heterocycles. The average molecular weight is 597 g/mol. The fourth-order valence-electron chi connectivity index (χ4n) is 4.65. The lowest BCUT2D eigenvalue weighted by Gasteiger charge is -2.20. The van der Waals surface area contributed by atoms with Crippen LogP contribution in [0.25, 0.3) is 0 Å². The van der Waals surface area contributed by atoms with Crippen LogP contribution >= 0.6 is 0 Å². The van der Waals surface area contributed by atoms with Gasteiger partial charge in [0.05, 0.1) is 26.5 Å². The van der Waals surface area contributed by atoms with E-state index in [1.165, 1.54) is 27.3 Å². The van der Waals surface area contributed by atoms with Gasteiger partial charge in [-0.25, -0.2) is 13.5 Å². The van der Waals surface area contributed by atoms with Gasteiger partial charge in [0.15, 0.2) is 0 Å². The molecule has 0 radical (unpaired) electrons. The third kappa shape index (κ3) is 6.35. The summed E-state index contributed by atoms with van der Waals surface area (Å²) in [7, 11) is 2.64. The molecule has 0 unspecified atom stereocenters. The maximum Gasteiger partial charge on any atom is 0.573 e. The molecule has 4 rings (SSSR count). The van der Waals surface area contributed by atoms with Crippen molar-refractivity contribution < 1.29 is 45.8 Å². The number of aryl methyl sites for hydroxylation is 1. The van der Waals surface area contributed by atoms with Crippen LogP contribution in [-0.4, -0.2) is 61.4 Å². The highest BCUT2D eigenvalue weighted by atomic mass is 19.4. The van der Waals surface area contributed by atoms with Crippen molar-refractivity contribution in [2.24, 2.45) is 0 Å². The molecule has 0 spiro atoms. The number of nitrogens with one attached hydrogen (secondary N) is 1. The Bertz CT molecular complexity index is 1520. The first-order valence-corrected chi connectivity index (χ1v) is 12.4. The van der Waals surface area contributed by atoms with Crippen LogP contribution in [0, 0.1) is 18.6 Å². The van der Waals surface area contributed by atoms with Crippen molar-refractivity contribution in [2.45, 2.75) is 31.8 Å². The van der Waals surface area contributed by atoms with Gasteiger partial charge in [-0.05, 0) is 36.8 Å². The molecule has 2 amide bonds. The highest BCUT2D eigenvalue weighted by Crippen LogP contribution is 2.36. The Labute approximate surface area is 235 Å². The minimum atomic E-state index is -4.95. The van der Waals surface area contributed by atoms with Gasteiger partial charge in [-0.2, -0.15) is 5.10 Å². The van der Waals surface area contributed by atoms with E-state index in [1.54, 1.807) is 0 Å².